The maximum atomic E-state index is 12.1. The quantitative estimate of drug-likeness (QED) is 0.616. The fourth-order valence-electron chi connectivity index (χ4n) is 2.83. The molecule has 2 N–H and O–H groups in total. The van der Waals surface area contributed by atoms with Crippen LogP contribution in [-0.2, 0) is 22.6 Å². The second-order valence-corrected chi connectivity index (χ2v) is 6.79. The van der Waals surface area contributed by atoms with E-state index in [0.29, 0.717) is 12.3 Å². The van der Waals surface area contributed by atoms with Gasteiger partial charge in [0.1, 0.15) is 12.4 Å². The fourth-order valence-corrected chi connectivity index (χ4v) is 2.83. The van der Waals surface area contributed by atoms with Crippen molar-refractivity contribution in [1.82, 2.24) is 5.32 Å². The lowest BCUT2D eigenvalue weighted by Crippen LogP contribution is -2.33. The van der Waals surface area contributed by atoms with E-state index in [-0.39, 0.29) is 24.8 Å². The summed E-state index contributed by atoms with van der Waals surface area (Å²) in [6.07, 6.45) is 0.252. The van der Waals surface area contributed by atoms with Gasteiger partial charge < -0.3 is 15.4 Å². The highest BCUT2D eigenvalue weighted by molar-refractivity contribution is 5.94. The van der Waals surface area contributed by atoms with Crippen LogP contribution in [0, 0.1) is 6.92 Å². The smallest absolute Gasteiger partial charge is 0.243 e. The molecule has 0 heterocycles. The summed E-state index contributed by atoms with van der Waals surface area (Å²) in [5.41, 5.74) is 3.76. The molecule has 0 aliphatic rings. The van der Waals surface area contributed by atoms with Crippen LogP contribution >= 0.6 is 0 Å². The summed E-state index contributed by atoms with van der Waals surface area (Å²) < 4.78 is 5.73. The molecule has 5 heteroatoms. The SMILES string of the molecule is Cc1cccc(CC(=O)NCC(=O)Nc2ccc(OCc3ccccc3)cc2)c1. The number of hydrogen-bond donors (Lipinski definition) is 2. The number of anilines is 1. The predicted octanol–water partition coefficient (Wildman–Crippen LogP) is 3.87. The fraction of sp³-hybridized carbons (Fsp3) is 0.167. The predicted molar refractivity (Wildman–Crippen MR) is 114 cm³/mol. The van der Waals surface area contributed by atoms with Crippen LogP contribution in [0.25, 0.3) is 0 Å². The number of carbonyl (C=O) groups is 2. The molecule has 0 saturated carbocycles. The monoisotopic (exact) mass is 388 g/mol. The Kier molecular flexibility index (Phi) is 7.00. The summed E-state index contributed by atoms with van der Waals surface area (Å²) in [4.78, 5) is 24.1. The van der Waals surface area contributed by atoms with Crippen molar-refractivity contribution in [1.29, 1.82) is 0 Å². The van der Waals surface area contributed by atoms with Crippen molar-refractivity contribution in [2.24, 2.45) is 0 Å². The Morgan fingerprint density at radius 1 is 0.828 bits per heavy atom. The van der Waals surface area contributed by atoms with Crippen LogP contribution in [0.15, 0.2) is 78.9 Å². The van der Waals surface area contributed by atoms with Crippen LogP contribution in [0.1, 0.15) is 16.7 Å². The third-order valence-corrected chi connectivity index (χ3v) is 4.28. The Hall–Kier alpha value is -3.60. The summed E-state index contributed by atoms with van der Waals surface area (Å²) in [5, 5.41) is 5.41. The Morgan fingerprint density at radius 2 is 1.55 bits per heavy atom. The molecule has 0 atom stereocenters. The van der Waals surface area contributed by atoms with Gasteiger partial charge in [0.05, 0.1) is 13.0 Å². The van der Waals surface area contributed by atoms with Gasteiger partial charge in [0.25, 0.3) is 0 Å². The molecular weight excluding hydrogens is 364 g/mol. The van der Waals surface area contributed by atoms with Crippen LogP contribution in [0.5, 0.6) is 5.75 Å². The van der Waals surface area contributed by atoms with E-state index < -0.39 is 0 Å². The molecule has 5 nitrogen and oxygen atoms in total. The molecule has 3 aromatic rings. The summed E-state index contributed by atoms with van der Waals surface area (Å²) in [6.45, 7) is 2.39. The molecule has 0 aliphatic carbocycles. The molecule has 0 bridgehead atoms. The Morgan fingerprint density at radius 3 is 2.28 bits per heavy atom. The van der Waals surface area contributed by atoms with Gasteiger partial charge in [-0.1, -0.05) is 60.2 Å². The van der Waals surface area contributed by atoms with Gasteiger partial charge in [0.15, 0.2) is 0 Å². The number of nitrogens with one attached hydrogen (secondary N) is 2. The van der Waals surface area contributed by atoms with Crippen molar-refractivity contribution >= 4 is 17.5 Å². The van der Waals surface area contributed by atoms with Gasteiger partial charge in [-0.25, -0.2) is 0 Å². The maximum Gasteiger partial charge on any atom is 0.243 e. The molecule has 3 aromatic carbocycles. The molecule has 0 radical (unpaired) electrons. The van der Waals surface area contributed by atoms with Crippen molar-refractivity contribution in [3.63, 3.8) is 0 Å². The van der Waals surface area contributed by atoms with E-state index in [0.717, 1.165) is 22.4 Å². The number of rotatable bonds is 8. The maximum absolute atomic E-state index is 12.1. The molecule has 0 unspecified atom stereocenters. The van der Waals surface area contributed by atoms with Crippen LogP contribution in [0.2, 0.25) is 0 Å². The van der Waals surface area contributed by atoms with Crippen molar-refractivity contribution < 1.29 is 14.3 Å². The third kappa shape index (κ3) is 6.81. The van der Waals surface area contributed by atoms with E-state index in [2.05, 4.69) is 10.6 Å². The minimum absolute atomic E-state index is 0.0725. The van der Waals surface area contributed by atoms with Crippen molar-refractivity contribution in [3.05, 3.63) is 95.6 Å². The first-order valence-electron chi connectivity index (χ1n) is 9.47. The Bertz CT molecular complexity index is 953. The highest BCUT2D eigenvalue weighted by Gasteiger charge is 2.07. The Balaban J connectivity index is 1.41. The summed E-state index contributed by atoms with van der Waals surface area (Å²) in [7, 11) is 0. The van der Waals surface area contributed by atoms with E-state index in [1.807, 2.05) is 61.5 Å². The van der Waals surface area contributed by atoms with Crippen molar-refractivity contribution in [3.8, 4) is 5.75 Å². The van der Waals surface area contributed by atoms with E-state index in [4.69, 9.17) is 4.74 Å². The highest BCUT2D eigenvalue weighted by Crippen LogP contribution is 2.17. The highest BCUT2D eigenvalue weighted by atomic mass is 16.5. The van der Waals surface area contributed by atoms with Gasteiger partial charge in [-0.05, 0) is 42.3 Å². The number of carbonyl (C=O) groups excluding carboxylic acids is 2. The van der Waals surface area contributed by atoms with Crippen LogP contribution < -0.4 is 15.4 Å². The van der Waals surface area contributed by atoms with E-state index in [9.17, 15) is 9.59 Å². The van der Waals surface area contributed by atoms with Gasteiger partial charge in [0.2, 0.25) is 11.8 Å². The second-order valence-electron chi connectivity index (χ2n) is 6.79. The minimum Gasteiger partial charge on any atom is -0.489 e. The first-order chi connectivity index (χ1) is 14.1. The molecule has 0 spiro atoms. The van der Waals surface area contributed by atoms with Gasteiger partial charge in [-0.3, -0.25) is 9.59 Å². The van der Waals surface area contributed by atoms with E-state index in [1.54, 1.807) is 24.3 Å². The molecule has 0 aliphatic heterocycles. The number of hydrogen-bond acceptors (Lipinski definition) is 3. The van der Waals surface area contributed by atoms with Crippen LogP contribution in [0.4, 0.5) is 5.69 Å². The lowest BCUT2D eigenvalue weighted by molar-refractivity contribution is -0.123. The largest absolute Gasteiger partial charge is 0.489 e. The number of aryl methyl sites for hydroxylation is 1. The zero-order valence-corrected chi connectivity index (χ0v) is 16.4. The molecule has 2 amide bonds. The van der Waals surface area contributed by atoms with E-state index >= 15 is 0 Å². The zero-order chi connectivity index (χ0) is 20.5. The van der Waals surface area contributed by atoms with Gasteiger partial charge in [-0.2, -0.15) is 0 Å². The summed E-state index contributed by atoms with van der Waals surface area (Å²) in [5.74, 6) is 0.259. The lowest BCUT2D eigenvalue weighted by atomic mass is 10.1. The number of ether oxygens (including phenoxy) is 1. The topological polar surface area (TPSA) is 67.4 Å². The molecule has 3 rings (SSSR count). The standard InChI is InChI=1S/C24H24N2O3/c1-18-6-5-9-20(14-18)15-23(27)25-16-24(28)26-21-10-12-22(13-11-21)29-17-19-7-3-2-4-8-19/h2-14H,15-17H2,1H3,(H,25,27)(H,26,28). The second kappa shape index (κ2) is 10.1. The normalized spacial score (nSPS) is 10.2. The van der Waals surface area contributed by atoms with Crippen LogP contribution in [0.3, 0.4) is 0 Å². The molecule has 0 fully saturated rings. The lowest BCUT2D eigenvalue weighted by Gasteiger charge is -2.09. The average molecular weight is 388 g/mol. The summed E-state index contributed by atoms with van der Waals surface area (Å²) >= 11 is 0. The third-order valence-electron chi connectivity index (χ3n) is 4.28. The molecule has 0 aromatic heterocycles. The molecular formula is C24H24N2O3. The summed E-state index contributed by atoms with van der Waals surface area (Å²) in [6, 6.07) is 24.8. The van der Waals surface area contributed by atoms with Crippen molar-refractivity contribution in [2.75, 3.05) is 11.9 Å². The first kappa shape index (κ1) is 20.1. The number of amides is 2. The van der Waals surface area contributed by atoms with Gasteiger partial charge >= 0.3 is 0 Å². The number of benzene rings is 3. The molecule has 29 heavy (non-hydrogen) atoms. The van der Waals surface area contributed by atoms with E-state index in [1.165, 1.54) is 0 Å². The van der Waals surface area contributed by atoms with Crippen LogP contribution in [-0.4, -0.2) is 18.4 Å². The van der Waals surface area contributed by atoms with Crippen molar-refractivity contribution in [2.45, 2.75) is 20.0 Å². The van der Waals surface area contributed by atoms with Gasteiger partial charge in [-0.15, -0.1) is 0 Å². The Labute approximate surface area is 170 Å². The molecule has 148 valence electrons. The zero-order valence-electron chi connectivity index (χ0n) is 16.4. The first-order valence-corrected chi connectivity index (χ1v) is 9.47. The molecule has 0 saturated heterocycles. The average Bonchev–Trinajstić information content (AvgIpc) is 2.73. The van der Waals surface area contributed by atoms with Gasteiger partial charge in [0, 0.05) is 5.69 Å². The minimum atomic E-state index is -0.277.